The van der Waals surface area contributed by atoms with Crippen molar-refractivity contribution >= 4 is 52.5 Å². The molecule has 1 unspecified atom stereocenters. The summed E-state index contributed by atoms with van der Waals surface area (Å²) < 4.78 is 6.12. The minimum Gasteiger partial charge on any atom is -0.490 e. The van der Waals surface area contributed by atoms with Crippen LogP contribution in [-0.2, 0) is 9.59 Å². The van der Waals surface area contributed by atoms with E-state index in [9.17, 15) is 24.0 Å². The van der Waals surface area contributed by atoms with Crippen molar-refractivity contribution < 1.29 is 28.7 Å². The lowest BCUT2D eigenvalue weighted by Gasteiger charge is -2.49. The molecule has 54 heavy (non-hydrogen) atoms. The van der Waals surface area contributed by atoms with E-state index in [0.717, 1.165) is 68.1 Å². The van der Waals surface area contributed by atoms with E-state index in [1.54, 1.807) is 30.3 Å². The second-order valence-electron chi connectivity index (χ2n) is 14.6. The Morgan fingerprint density at radius 3 is 2.26 bits per heavy atom. The molecule has 1 aliphatic carbocycles. The molecule has 14 heteroatoms. The number of nitriles is 1. The first-order chi connectivity index (χ1) is 26.1. The van der Waals surface area contributed by atoms with Crippen molar-refractivity contribution in [3.63, 3.8) is 0 Å². The number of ether oxygens (including phenoxy) is 1. The smallest absolute Gasteiger partial charge is 0.262 e. The predicted molar refractivity (Wildman–Crippen MR) is 199 cm³/mol. The maximum atomic E-state index is 13.4. The summed E-state index contributed by atoms with van der Waals surface area (Å²) in [4.78, 5) is 71.1. The Bertz CT molecular complexity index is 2050. The van der Waals surface area contributed by atoms with Gasteiger partial charge >= 0.3 is 0 Å². The standard InChI is InChI=1S/C40H40ClN7O6/c41-34-20-31(9-3-25(34)21-42)54-30-10-6-27(7-11-30)43-26-4-1-24(2-5-26)38(51)46-17-15-45(16-18-46)29-22-47(23-29)28-8-12-32-33(19-28)40(53)48(39(32)52)35-13-14-36(49)44-37(35)50/h1-5,8-9,12,19-20,27,29-30,35,43H,6-7,10-11,13-18,22-23H2,(H,44,49,50)/t27-,30-,35?. The number of halogens is 1. The fourth-order valence-electron chi connectivity index (χ4n) is 8.15. The number of piperidine rings is 1. The molecule has 5 amide bonds. The van der Waals surface area contributed by atoms with E-state index in [-0.39, 0.29) is 36.0 Å². The quantitative estimate of drug-likeness (QED) is 0.322. The highest BCUT2D eigenvalue weighted by Crippen LogP contribution is 2.33. The van der Waals surface area contributed by atoms with E-state index < -0.39 is 29.7 Å². The third-order valence-electron chi connectivity index (χ3n) is 11.3. The molecule has 4 fully saturated rings. The fraction of sp³-hybridized carbons (Fsp3) is 0.400. The first-order valence-corrected chi connectivity index (χ1v) is 18.9. The summed E-state index contributed by atoms with van der Waals surface area (Å²) >= 11 is 6.16. The van der Waals surface area contributed by atoms with Crippen molar-refractivity contribution in [2.45, 2.75) is 62.8 Å². The first kappa shape index (κ1) is 35.6. The summed E-state index contributed by atoms with van der Waals surface area (Å²) in [6.45, 7) is 4.35. The molecule has 4 aliphatic heterocycles. The Morgan fingerprint density at radius 2 is 1.57 bits per heavy atom. The van der Waals surface area contributed by atoms with Crippen molar-refractivity contribution in [3.05, 3.63) is 87.9 Å². The highest BCUT2D eigenvalue weighted by molar-refractivity contribution is 6.31. The van der Waals surface area contributed by atoms with Gasteiger partial charge in [-0.05, 0) is 86.7 Å². The normalized spacial score (nSPS) is 23.4. The van der Waals surface area contributed by atoms with Crippen LogP contribution in [0.4, 0.5) is 11.4 Å². The monoisotopic (exact) mass is 749 g/mol. The van der Waals surface area contributed by atoms with Crippen LogP contribution in [-0.4, -0.2) is 108 Å². The molecule has 3 saturated heterocycles. The minimum absolute atomic E-state index is 0.0284. The molecule has 4 heterocycles. The van der Waals surface area contributed by atoms with Crippen LogP contribution in [0, 0.1) is 11.3 Å². The number of carbonyl (C=O) groups excluding carboxylic acids is 5. The number of nitrogens with zero attached hydrogens (tertiary/aromatic N) is 5. The number of carbonyl (C=O) groups is 5. The predicted octanol–water partition coefficient (Wildman–Crippen LogP) is 4.06. The maximum absolute atomic E-state index is 13.4. The zero-order valence-electron chi connectivity index (χ0n) is 29.6. The molecule has 3 aromatic rings. The zero-order valence-corrected chi connectivity index (χ0v) is 30.4. The second kappa shape index (κ2) is 14.8. The number of hydrogen-bond donors (Lipinski definition) is 2. The Labute approximate surface area is 317 Å². The molecule has 0 bridgehead atoms. The van der Waals surface area contributed by atoms with Crippen molar-refractivity contribution in [2.75, 3.05) is 49.5 Å². The van der Waals surface area contributed by atoms with Gasteiger partial charge in [-0.1, -0.05) is 11.6 Å². The number of anilines is 2. The van der Waals surface area contributed by atoms with E-state index in [1.165, 1.54) is 0 Å². The zero-order chi connectivity index (χ0) is 37.5. The minimum atomic E-state index is -0.985. The van der Waals surface area contributed by atoms with Gasteiger partial charge in [0, 0.05) is 80.8 Å². The largest absolute Gasteiger partial charge is 0.490 e. The summed E-state index contributed by atoms with van der Waals surface area (Å²) in [5, 5.41) is 15.3. The number of imide groups is 2. The molecule has 2 N–H and O–H groups in total. The van der Waals surface area contributed by atoms with E-state index in [0.29, 0.717) is 47.1 Å². The molecule has 3 aromatic carbocycles. The molecule has 1 saturated carbocycles. The van der Waals surface area contributed by atoms with Gasteiger partial charge in [0.15, 0.2) is 0 Å². The van der Waals surface area contributed by atoms with E-state index in [4.69, 9.17) is 21.6 Å². The number of amides is 5. The Morgan fingerprint density at radius 1 is 0.852 bits per heavy atom. The van der Waals surface area contributed by atoms with E-state index >= 15 is 0 Å². The van der Waals surface area contributed by atoms with Crippen LogP contribution in [0.5, 0.6) is 5.75 Å². The number of hydrogen-bond acceptors (Lipinski definition) is 10. The van der Waals surface area contributed by atoms with Gasteiger partial charge in [0.2, 0.25) is 11.8 Å². The van der Waals surface area contributed by atoms with Crippen molar-refractivity contribution in [2.24, 2.45) is 0 Å². The number of benzene rings is 3. The average Bonchev–Trinajstić information content (AvgIpc) is 3.40. The average molecular weight is 750 g/mol. The first-order valence-electron chi connectivity index (χ1n) is 18.5. The van der Waals surface area contributed by atoms with Gasteiger partial charge in [-0.15, -0.1) is 0 Å². The molecular weight excluding hydrogens is 710 g/mol. The number of nitrogens with one attached hydrogen (secondary N) is 2. The van der Waals surface area contributed by atoms with Gasteiger partial charge < -0.3 is 19.9 Å². The highest BCUT2D eigenvalue weighted by atomic mass is 35.5. The number of piperazine rings is 1. The lowest BCUT2D eigenvalue weighted by molar-refractivity contribution is -0.136. The van der Waals surface area contributed by atoms with Crippen LogP contribution >= 0.6 is 11.6 Å². The van der Waals surface area contributed by atoms with Crippen molar-refractivity contribution in [3.8, 4) is 11.8 Å². The lowest BCUT2D eigenvalue weighted by atomic mass is 9.92. The number of rotatable bonds is 8. The van der Waals surface area contributed by atoms with Gasteiger partial charge in [-0.25, -0.2) is 0 Å². The summed E-state index contributed by atoms with van der Waals surface area (Å²) in [5.74, 6) is -1.33. The fourth-order valence-corrected chi connectivity index (χ4v) is 8.36. The van der Waals surface area contributed by atoms with Crippen LogP contribution in [0.1, 0.15) is 75.2 Å². The third kappa shape index (κ3) is 6.99. The summed E-state index contributed by atoms with van der Waals surface area (Å²) in [7, 11) is 0. The molecule has 0 aromatic heterocycles. The van der Waals surface area contributed by atoms with Crippen LogP contribution in [0.3, 0.4) is 0 Å². The molecule has 278 valence electrons. The molecule has 13 nitrogen and oxygen atoms in total. The van der Waals surface area contributed by atoms with Gasteiger partial charge in [-0.3, -0.25) is 39.1 Å². The van der Waals surface area contributed by atoms with Crippen molar-refractivity contribution in [1.82, 2.24) is 20.0 Å². The molecule has 0 spiro atoms. The van der Waals surface area contributed by atoms with Crippen LogP contribution < -0.4 is 20.3 Å². The van der Waals surface area contributed by atoms with Gasteiger partial charge in [0.1, 0.15) is 17.9 Å². The third-order valence-corrected chi connectivity index (χ3v) is 11.6. The summed E-state index contributed by atoms with van der Waals surface area (Å²) in [5.41, 5.74) is 3.49. The Hall–Kier alpha value is -5.45. The van der Waals surface area contributed by atoms with Crippen LogP contribution in [0.25, 0.3) is 0 Å². The van der Waals surface area contributed by atoms with Crippen molar-refractivity contribution in [1.29, 1.82) is 5.26 Å². The highest BCUT2D eigenvalue weighted by Gasteiger charge is 2.45. The van der Waals surface area contributed by atoms with Gasteiger partial charge in [0.25, 0.3) is 17.7 Å². The molecule has 0 radical (unpaired) electrons. The summed E-state index contributed by atoms with van der Waals surface area (Å²) in [6.07, 6.45) is 4.02. The van der Waals surface area contributed by atoms with E-state index in [2.05, 4.69) is 26.5 Å². The molecule has 8 rings (SSSR count). The lowest BCUT2D eigenvalue weighted by Crippen LogP contribution is -2.63. The van der Waals surface area contributed by atoms with Gasteiger partial charge in [0.05, 0.1) is 27.8 Å². The number of fused-ring (bicyclic) bond motifs is 1. The SMILES string of the molecule is N#Cc1ccc(O[C@H]2CC[C@H](Nc3ccc(C(=O)N4CCN(C5CN(c6ccc7c(c6)C(=O)N(C6CCC(=O)NC6=O)C7=O)C5)CC4)cc3)CC2)cc1Cl. The molecule has 5 aliphatic rings. The second-order valence-corrected chi connectivity index (χ2v) is 15.0. The Kier molecular flexibility index (Phi) is 9.72. The topological polar surface area (TPSA) is 155 Å². The van der Waals surface area contributed by atoms with Crippen LogP contribution in [0.2, 0.25) is 5.02 Å². The maximum Gasteiger partial charge on any atom is 0.262 e. The molecule has 1 atom stereocenters. The Balaban J connectivity index is 0.774. The molecular formula is C40H40ClN7O6. The summed E-state index contributed by atoms with van der Waals surface area (Å²) in [6, 6.07) is 19.8. The van der Waals surface area contributed by atoms with Gasteiger partial charge in [-0.2, -0.15) is 5.26 Å². The van der Waals surface area contributed by atoms with E-state index in [1.807, 2.05) is 35.2 Å². The van der Waals surface area contributed by atoms with Crippen LogP contribution in [0.15, 0.2) is 60.7 Å².